The third-order valence-electron chi connectivity index (χ3n) is 4.51. The Hall–Kier alpha value is -2.56. The van der Waals surface area contributed by atoms with Crippen molar-refractivity contribution in [2.75, 3.05) is 6.54 Å². The summed E-state index contributed by atoms with van der Waals surface area (Å²) in [4.78, 5) is 26.2. The fourth-order valence-electron chi connectivity index (χ4n) is 3.13. The van der Waals surface area contributed by atoms with Gasteiger partial charge in [0.05, 0.1) is 6.04 Å². The summed E-state index contributed by atoms with van der Waals surface area (Å²) in [5, 5.41) is 2.98. The Bertz CT molecular complexity index is 717. The predicted octanol–water partition coefficient (Wildman–Crippen LogP) is 1.97. The van der Waals surface area contributed by atoms with Crippen molar-refractivity contribution in [1.82, 2.24) is 14.8 Å². The quantitative estimate of drug-likeness (QED) is 0.939. The van der Waals surface area contributed by atoms with Gasteiger partial charge in [-0.25, -0.2) is 0 Å². The summed E-state index contributed by atoms with van der Waals surface area (Å²) in [5.74, 6) is 0.0558. The molecule has 0 spiro atoms. The number of aromatic nitrogens is 1. The molecule has 1 atom stereocenters. The van der Waals surface area contributed by atoms with Crippen molar-refractivity contribution in [3.8, 4) is 5.69 Å². The maximum Gasteiger partial charge on any atom is 0.251 e. The first-order valence-electron chi connectivity index (χ1n) is 8.04. The molecule has 118 valence electrons. The van der Waals surface area contributed by atoms with Crippen LogP contribution in [0.1, 0.15) is 29.6 Å². The van der Waals surface area contributed by atoms with Gasteiger partial charge in [-0.1, -0.05) is 0 Å². The molecule has 23 heavy (non-hydrogen) atoms. The number of nitrogens with one attached hydrogen (secondary N) is 1. The fourth-order valence-corrected chi connectivity index (χ4v) is 3.13. The lowest BCUT2D eigenvalue weighted by Crippen LogP contribution is -2.37. The van der Waals surface area contributed by atoms with Gasteiger partial charge in [-0.2, -0.15) is 0 Å². The molecule has 1 aliphatic carbocycles. The second-order valence-corrected chi connectivity index (χ2v) is 6.29. The SMILES string of the molecule is O=C(NC1CC(=O)N(C2CC2)C1)c1ccc(-n2cccc2)cc1. The molecule has 5 nitrogen and oxygen atoms in total. The number of benzene rings is 1. The van der Waals surface area contributed by atoms with Gasteiger partial charge < -0.3 is 14.8 Å². The first-order chi connectivity index (χ1) is 11.2. The van der Waals surface area contributed by atoms with Crippen LogP contribution < -0.4 is 5.32 Å². The van der Waals surface area contributed by atoms with Crippen LogP contribution in [-0.2, 0) is 4.79 Å². The maximum atomic E-state index is 12.3. The highest BCUT2D eigenvalue weighted by molar-refractivity contribution is 5.95. The molecular weight excluding hydrogens is 290 g/mol. The zero-order chi connectivity index (χ0) is 15.8. The van der Waals surface area contributed by atoms with Crippen LogP contribution in [0.3, 0.4) is 0 Å². The first-order valence-corrected chi connectivity index (χ1v) is 8.04. The third kappa shape index (κ3) is 2.86. The van der Waals surface area contributed by atoms with Crippen molar-refractivity contribution in [3.05, 3.63) is 54.4 Å². The smallest absolute Gasteiger partial charge is 0.251 e. The number of carbonyl (C=O) groups is 2. The second-order valence-electron chi connectivity index (χ2n) is 6.29. The maximum absolute atomic E-state index is 12.3. The Balaban J connectivity index is 1.40. The van der Waals surface area contributed by atoms with E-state index in [1.165, 1.54) is 0 Å². The molecule has 2 amide bonds. The minimum absolute atomic E-state index is 0.0697. The Morgan fingerprint density at radius 1 is 1.09 bits per heavy atom. The molecule has 2 aliphatic rings. The van der Waals surface area contributed by atoms with Gasteiger partial charge in [0.1, 0.15) is 0 Å². The summed E-state index contributed by atoms with van der Waals surface area (Å²) in [5.41, 5.74) is 1.64. The predicted molar refractivity (Wildman–Crippen MR) is 86.4 cm³/mol. The van der Waals surface area contributed by atoms with Crippen molar-refractivity contribution in [1.29, 1.82) is 0 Å². The highest BCUT2D eigenvalue weighted by Gasteiger charge is 2.39. The number of hydrogen-bond donors (Lipinski definition) is 1. The molecule has 0 radical (unpaired) electrons. The number of carbonyl (C=O) groups excluding carboxylic acids is 2. The van der Waals surface area contributed by atoms with Gasteiger partial charge in [0.2, 0.25) is 5.91 Å². The molecule has 1 saturated heterocycles. The minimum atomic E-state index is -0.112. The molecule has 1 aromatic carbocycles. The van der Waals surface area contributed by atoms with E-state index in [1.807, 2.05) is 58.3 Å². The Kier molecular flexibility index (Phi) is 3.41. The summed E-state index contributed by atoms with van der Waals surface area (Å²) in [7, 11) is 0. The molecule has 1 unspecified atom stereocenters. The standard InChI is InChI=1S/C18H19N3O2/c22-17-11-14(12-21(17)16-7-8-16)19-18(23)13-3-5-15(6-4-13)20-9-1-2-10-20/h1-6,9-10,14,16H,7-8,11-12H2,(H,19,23). The molecule has 0 bridgehead atoms. The van der Waals surface area contributed by atoms with Crippen LogP contribution in [0.25, 0.3) is 5.69 Å². The van der Waals surface area contributed by atoms with E-state index in [4.69, 9.17) is 0 Å². The summed E-state index contributed by atoms with van der Waals surface area (Å²) in [6.07, 6.45) is 6.56. The number of likely N-dealkylation sites (tertiary alicyclic amines) is 1. The van der Waals surface area contributed by atoms with Crippen molar-refractivity contribution in [2.45, 2.75) is 31.3 Å². The lowest BCUT2D eigenvalue weighted by Gasteiger charge is -2.16. The van der Waals surface area contributed by atoms with Crippen molar-refractivity contribution in [3.63, 3.8) is 0 Å². The Morgan fingerprint density at radius 3 is 2.43 bits per heavy atom. The molecule has 2 heterocycles. The van der Waals surface area contributed by atoms with Gasteiger partial charge >= 0.3 is 0 Å². The molecule has 1 N–H and O–H groups in total. The average molecular weight is 309 g/mol. The molecule has 2 fully saturated rings. The van der Waals surface area contributed by atoms with Crippen LogP contribution in [0.5, 0.6) is 0 Å². The number of nitrogens with zero attached hydrogens (tertiary/aromatic N) is 2. The van der Waals surface area contributed by atoms with E-state index < -0.39 is 0 Å². The van der Waals surface area contributed by atoms with E-state index >= 15 is 0 Å². The number of amides is 2. The third-order valence-corrected chi connectivity index (χ3v) is 4.51. The van der Waals surface area contributed by atoms with Gasteiger partial charge in [0.15, 0.2) is 0 Å². The lowest BCUT2D eigenvalue weighted by atomic mass is 10.1. The molecule has 5 heteroatoms. The zero-order valence-electron chi connectivity index (χ0n) is 12.8. The Morgan fingerprint density at radius 2 is 1.78 bits per heavy atom. The molecule has 2 aromatic rings. The average Bonchev–Trinajstić information content (AvgIpc) is 3.11. The second kappa shape index (κ2) is 5.57. The van der Waals surface area contributed by atoms with Crippen molar-refractivity contribution >= 4 is 11.8 Å². The molecular formula is C18H19N3O2. The van der Waals surface area contributed by atoms with Crippen molar-refractivity contribution in [2.24, 2.45) is 0 Å². The van der Waals surface area contributed by atoms with Crippen molar-refractivity contribution < 1.29 is 9.59 Å². The van der Waals surface area contributed by atoms with Gasteiger partial charge in [-0.05, 0) is 49.2 Å². The monoisotopic (exact) mass is 309 g/mol. The summed E-state index contributed by atoms with van der Waals surface area (Å²) >= 11 is 0. The molecule has 1 aliphatic heterocycles. The van der Waals surface area contributed by atoms with Crippen LogP contribution in [0, 0.1) is 0 Å². The van der Waals surface area contributed by atoms with Gasteiger partial charge in [-0.15, -0.1) is 0 Å². The molecule has 4 rings (SSSR count). The van der Waals surface area contributed by atoms with E-state index in [0.29, 0.717) is 24.6 Å². The normalized spacial score (nSPS) is 20.8. The van der Waals surface area contributed by atoms with Crippen LogP contribution >= 0.6 is 0 Å². The molecule has 1 aromatic heterocycles. The number of rotatable bonds is 4. The summed E-state index contributed by atoms with van der Waals surface area (Å²) < 4.78 is 1.99. The van der Waals surface area contributed by atoms with Crippen LogP contribution in [0.4, 0.5) is 0 Å². The highest BCUT2D eigenvalue weighted by atomic mass is 16.2. The Labute approximate surface area is 134 Å². The summed E-state index contributed by atoms with van der Waals surface area (Å²) in [6, 6.07) is 11.8. The lowest BCUT2D eigenvalue weighted by molar-refractivity contribution is -0.128. The topological polar surface area (TPSA) is 54.3 Å². The van der Waals surface area contributed by atoms with E-state index in [-0.39, 0.29) is 17.9 Å². The zero-order valence-corrected chi connectivity index (χ0v) is 12.8. The van der Waals surface area contributed by atoms with Gasteiger partial charge in [-0.3, -0.25) is 9.59 Å². The fraction of sp³-hybridized carbons (Fsp3) is 0.333. The van der Waals surface area contributed by atoms with E-state index in [1.54, 1.807) is 0 Å². The van der Waals surface area contributed by atoms with E-state index in [2.05, 4.69) is 5.32 Å². The number of hydrogen-bond acceptors (Lipinski definition) is 2. The minimum Gasteiger partial charge on any atom is -0.347 e. The first kappa shape index (κ1) is 14.1. The van der Waals surface area contributed by atoms with Crippen LogP contribution in [-0.4, -0.2) is 39.9 Å². The van der Waals surface area contributed by atoms with Crippen LogP contribution in [0.15, 0.2) is 48.8 Å². The van der Waals surface area contributed by atoms with E-state index in [0.717, 1.165) is 18.5 Å². The van der Waals surface area contributed by atoms with Crippen LogP contribution in [0.2, 0.25) is 0 Å². The highest BCUT2D eigenvalue weighted by Crippen LogP contribution is 2.30. The van der Waals surface area contributed by atoms with E-state index in [9.17, 15) is 9.59 Å². The van der Waals surface area contributed by atoms with Gasteiger partial charge in [0.25, 0.3) is 5.91 Å². The molecule has 1 saturated carbocycles. The largest absolute Gasteiger partial charge is 0.347 e. The van der Waals surface area contributed by atoms with Gasteiger partial charge in [0, 0.05) is 42.7 Å². The summed E-state index contributed by atoms with van der Waals surface area (Å²) in [6.45, 7) is 0.649.